The molecule has 0 spiro atoms. The second kappa shape index (κ2) is 16.5. The van der Waals surface area contributed by atoms with E-state index in [0.29, 0.717) is 43.1 Å². The fourth-order valence-electron chi connectivity index (χ4n) is 8.24. The summed E-state index contributed by atoms with van der Waals surface area (Å²) in [5.74, 6) is 2.57. The first-order chi connectivity index (χ1) is 28.2. The van der Waals surface area contributed by atoms with Crippen molar-refractivity contribution in [2.45, 2.75) is 69.6 Å². The molecule has 0 aliphatic carbocycles. The summed E-state index contributed by atoms with van der Waals surface area (Å²) >= 11 is 0. The van der Waals surface area contributed by atoms with E-state index in [4.69, 9.17) is 24.2 Å². The second-order valence-corrected chi connectivity index (χ2v) is 14.7. The highest BCUT2D eigenvalue weighted by Crippen LogP contribution is 2.41. The molecule has 0 bridgehead atoms. The Labute approximate surface area is 335 Å². The summed E-state index contributed by atoms with van der Waals surface area (Å²) in [5, 5.41) is 5.36. The van der Waals surface area contributed by atoms with Crippen molar-refractivity contribution in [3.8, 4) is 34.0 Å². The largest absolute Gasteiger partial charge is 0.457 e. The van der Waals surface area contributed by atoms with E-state index in [0.717, 1.165) is 70.8 Å². The fourth-order valence-corrected chi connectivity index (χ4v) is 8.24. The van der Waals surface area contributed by atoms with Gasteiger partial charge in [-0.25, -0.2) is 19.6 Å². The van der Waals surface area contributed by atoms with E-state index in [1.54, 1.807) is 22.2 Å². The van der Waals surface area contributed by atoms with Crippen LogP contribution in [-0.4, -0.2) is 87.1 Å². The number of aromatic amines is 2. The van der Waals surface area contributed by atoms with E-state index >= 15 is 0 Å². The normalized spacial score (nSPS) is 18.1. The zero-order valence-corrected chi connectivity index (χ0v) is 32.6. The molecule has 4 atom stereocenters. The summed E-state index contributed by atoms with van der Waals surface area (Å²) in [6.45, 7) is 2.98. The van der Waals surface area contributed by atoms with Crippen LogP contribution in [0.3, 0.4) is 0 Å². The van der Waals surface area contributed by atoms with Crippen LogP contribution in [0.15, 0.2) is 79.1 Å². The summed E-state index contributed by atoms with van der Waals surface area (Å²) in [5.41, 5.74) is 6.25. The van der Waals surface area contributed by atoms with Crippen LogP contribution in [0.25, 0.3) is 22.5 Å². The molecule has 2 saturated heterocycles. The molecule has 3 aromatic carbocycles. The summed E-state index contributed by atoms with van der Waals surface area (Å²) in [6, 6.07) is 19.2. The Morgan fingerprint density at radius 1 is 0.759 bits per heavy atom. The second-order valence-electron chi connectivity index (χ2n) is 14.7. The number of hydrogen-bond acceptors (Lipinski definition) is 9. The highest BCUT2D eigenvalue weighted by atomic mass is 16.5. The Hall–Kier alpha value is -6.64. The summed E-state index contributed by atoms with van der Waals surface area (Å²) in [6.07, 6.45) is 6.51. The minimum atomic E-state index is -0.895. The predicted octanol–water partition coefficient (Wildman–Crippen LogP) is 6.72. The average Bonchev–Trinajstić information content (AvgIpc) is 4.10. The van der Waals surface area contributed by atoms with Gasteiger partial charge in [-0.2, -0.15) is 0 Å². The van der Waals surface area contributed by atoms with Crippen molar-refractivity contribution < 1.29 is 33.4 Å². The monoisotopic (exact) mass is 786 g/mol. The molecular formula is C43H46N8O7. The minimum absolute atomic E-state index is 0.152. The maximum atomic E-state index is 14.0. The number of carbonyl (C=O) groups is 4. The molecule has 0 saturated carbocycles. The maximum absolute atomic E-state index is 14.0. The summed E-state index contributed by atoms with van der Waals surface area (Å²) < 4.78 is 15.9. The Morgan fingerprint density at radius 2 is 1.29 bits per heavy atom. The maximum Gasteiger partial charge on any atom is 0.407 e. The molecule has 58 heavy (non-hydrogen) atoms. The van der Waals surface area contributed by atoms with E-state index in [-0.39, 0.29) is 23.9 Å². The van der Waals surface area contributed by atoms with Gasteiger partial charge in [0.25, 0.3) is 5.91 Å². The Kier molecular flexibility index (Phi) is 10.8. The van der Waals surface area contributed by atoms with Crippen molar-refractivity contribution in [2.24, 2.45) is 0 Å². The lowest BCUT2D eigenvalue weighted by Crippen LogP contribution is -2.48. The van der Waals surface area contributed by atoms with E-state index in [9.17, 15) is 19.2 Å². The lowest BCUT2D eigenvalue weighted by molar-refractivity contribution is -0.135. The third-order valence-corrected chi connectivity index (χ3v) is 11.2. The molecule has 4 N–H and O–H groups in total. The number of ether oxygens (including phenoxy) is 3. The molecule has 2 aromatic heterocycles. The van der Waals surface area contributed by atoms with Crippen molar-refractivity contribution in [1.82, 2.24) is 40.4 Å². The number of H-pyrrole nitrogens is 2. The van der Waals surface area contributed by atoms with Crippen molar-refractivity contribution in [3.63, 3.8) is 0 Å². The number of nitrogens with zero attached hydrogens (tertiary/aromatic N) is 4. The van der Waals surface area contributed by atoms with Crippen LogP contribution in [0, 0.1) is 0 Å². The molecule has 3 aliphatic rings. The van der Waals surface area contributed by atoms with Crippen molar-refractivity contribution in [2.75, 3.05) is 27.3 Å². The quantitative estimate of drug-likeness (QED) is 0.117. The molecular weight excluding hydrogens is 741 g/mol. The number of rotatable bonds is 10. The highest BCUT2D eigenvalue weighted by molar-refractivity contribution is 5.88. The number of benzene rings is 3. The van der Waals surface area contributed by atoms with Crippen molar-refractivity contribution in [1.29, 1.82) is 0 Å². The van der Waals surface area contributed by atoms with Crippen LogP contribution in [-0.2, 0) is 25.5 Å². The topological polar surface area (TPSA) is 184 Å². The molecule has 2 fully saturated rings. The van der Waals surface area contributed by atoms with Gasteiger partial charge in [-0.3, -0.25) is 9.59 Å². The van der Waals surface area contributed by atoms with Gasteiger partial charge in [0.05, 0.1) is 50.1 Å². The molecule has 8 rings (SSSR count). The zero-order valence-electron chi connectivity index (χ0n) is 32.6. The molecule has 300 valence electrons. The highest BCUT2D eigenvalue weighted by Gasteiger charge is 2.38. The van der Waals surface area contributed by atoms with Crippen molar-refractivity contribution >= 4 is 24.0 Å². The van der Waals surface area contributed by atoms with Crippen LogP contribution in [0.2, 0.25) is 0 Å². The average molecular weight is 787 g/mol. The van der Waals surface area contributed by atoms with E-state index in [2.05, 4.69) is 32.7 Å². The van der Waals surface area contributed by atoms with Crippen LogP contribution in [0.4, 0.5) is 9.59 Å². The number of alkyl carbamates (subject to hydrolysis) is 2. The first kappa shape index (κ1) is 38.2. The fraction of sp³-hybridized carbons (Fsp3) is 0.349. The molecule has 4 amide bonds. The Balaban J connectivity index is 0.971. The SMILES string of the molecule is CCC(NC(=O)OC)C(=O)N1CCCC1c1ncc(-c2ccc3c(c2)Cc2cc(-c4cnc(C5CCCN5C(=O)C(NC(=O)OC)c5ccccc5)[nH]4)ccc2O3)[nH]1. The molecule has 3 aliphatic heterocycles. The molecule has 4 unspecified atom stereocenters. The third kappa shape index (κ3) is 7.59. The van der Waals surface area contributed by atoms with Crippen LogP contribution in [0.5, 0.6) is 11.5 Å². The van der Waals surface area contributed by atoms with Gasteiger partial charge >= 0.3 is 12.2 Å². The van der Waals surface area contributed by atoms with Crippen LogP contribution < -0.4 is 15.4 Å². The Morgan fingerprint density at radius 3 is 1.83 bits per heavy atom. The first-order valence-electron chi connectivity index (χ1n) is 19.6. The molecule has 5 aromatic rings. The van der Waals surface area contributed by atoms with E-state index in [1.165, 1.54) is 14.2 Å². The van der Waals surface area contributed by atoms with Gasteiger partial charge in [-0.1, -0.05) is 37.3 Å². The number of likely N-dealkylation sites (tertiary alicyclic amines) is 2. The van der Waals surface area contributed by atoms with Gasteiger partial charge in [-0.05, 0) is 85.2 Å². The molecule has 15 heteroatoms. The number of fused-ring (bicyclic) bond motifs is 2. The number of aromatic nitrogens is 4. The molecule has 0 radical (unpaired) electrons. The predicted molar refractivity (Wildman–Crippen MR) is 213 cm³/mol. The summed E-state index contributed by atoms with van der Waals surface area (Å²) in [7, 11) is 2.56. The van der Waals surface area contributed by atoms with E-state index in [1.807, 2.05) is 61.5 Å². The first-order valence-corrected chi connectivity index (χ1v) is 19.6. The van der Waals surface area contributed by atoms with Crippen LogP contribution >= 0.6 is 0 Å². The van der Waals surface area contributed by atoms with Crippen molar-refractivity contribution in [3.05, 3.63) is 107 Å². The standard InChI is InChI=1S/C43H46N8O7/c1-4-30(48-42(54)56-2)40(52)50-18-8-12-33(50)38-44-23-31(46-38)26-14-16-35-28(20-26)22-29-21-27(15-17-36(29)58-35)32-24-45-39(47-32)34-13-9-19-51(34)41(53)37(49-43(55)57-3)25-10-6-5-7-11-25/h5-7,10-11,14-17,20-21,23-24,30,33-34,37H,4,8-9,12-13,18-19,22H2,1-3H3,(H,44,46)(H,45,47)(H,48,54)(H,49,55). The number of carbonyl (C=O) groups excluding carboxylic acids is 4. The van der Waals surface area contributed by atoms with Crippen LogP contribution in [0.1, 0.15) is 85.5 Å². The number of nitrogens with one attached hydrogen (secondary N) is 4. The Bertz CT molecular complexity index is 2320. The summed E-state index contributed by atoms with van der Waals surface area (Å²) in [4.78, 5) is 71.5. The van der Waals surface area contributed by atoms with E-state index < -0.39 is 24.3 Å². The smallest absolute Gasteiger partial charge is 0.407 e. The van der Waals surface area contributed by atoms with Gasteiger partial charge < -0.3 is 44.6 Å². The number of imidazole rings is 2. The van der Waals surface area contributed by atoms with Gasteiger partial charge in [0.2, 0.25) is 5.91 Å². The number of hydrogen-bond donors (Lipinski definition) is 4. The molecule has 5 heterocycles. The minimum Gasteiger partial charge on any atom is -0.457 e. The lowest BCUT2D eigenvalue weighted by Gasteiger charge is -2.28. The van der Waals surface area contributed by atoms with Gasteiger partial charge in [0.15, 0.2) is 0 Å². The molecule has 15 nitrogen and oxygen atoms in total. The van der Waals surface area contributed by atoms with Gasteiger partial charge in [0.1, 0.15) is 35.2 Å². The zero-order chi connectivity index (χ0) is 40.3. The number of amides is 4. The number of methoxy groups -OCH3 is 2. The third-order valence-electron chi connectivity index (χ3n) is 11.2. The van der Waals surface area contributed by atoms with Gasteiger partial charge in [-0.15, -0.1) is 0 Å². The lowest BCUT2D eigenvalue weighted by atomic mass is 9.96. The van der Waals surface area contributed by atoms with Gasteiger partial charge in [0, 0.05) is 30.6 Å².